The summed E-state index contributed by atoms with van der Waals surface area (Å²) in [5.74, 6) is 0.0986. The van der Waals surface area contributed by atoms with Crippen LogP contribution in [0.1, 0.15) is 49.0 Å². The molecular formula is C20H28N2O. The number of ketones is 1. The zero-order chi connectivity index (χ0) is 16.8. The highest BCUT2D eigenvalue weighted by Gasteiger charge is 2.22. The van der Waals surface area contributed by atoms with Crippen LogP contribution in [0.3, 0.4) is 0 Å². The van der Waals surface area contributed by atoms with E-state index in [1.807, 2.05) is 31.2 Å². The number of hydrogen-bond acceptors (Lipinski definition) is 3. The quantitative estimate of drug-likeness (QED) is 0.758. The Morgan fingerprint density at radius 1 is 1.26 bits per heavy atom. The van der Waals surface area contributed by atoms with Gasteiger partial charge in [0.2, 0.25) is 0 Å². The smallest absolute Gasteiger partial charge is 0.170 e. The number of carbonyl (C=O) groups is 1. The van der Waals surface area contributed by atoms with Crippen LogP contribution in [0, 0.1) is 5.92 Å². The Bertz CT molecular complexity index is 601. The van der Waals surface area contributed by atoms with Gasteiger partial charge in [0.1, 0.15) is 0 Å². The van der Waals surface area contributed by atoms with Gasteiger partial charge in [0.05, 0.1) is 0 Å². The lowest BCUT2D eigenvalue weighted by Gasteiger charge is -2.19. The maximum absolute atomic E-state index is 13.0. The fourth-order valence-electron chi connectivity index (χ4n) is 3.00. The molecule has 1 aliphatic carbocycles. The minimum atomic E-state index is -0.0895. The van der Waals surface area contributed by atoms with E-state index >= 15 is 0 Å². The van der Waals surface area contributed by atoms with Gasteiger partial charge < -0.3 is 11.5 Å². The van der Waals surface area contributed by atoms with Crippen molar-refractivity contribution < 1.29 is 4.79 Å². The first-order valence-corrected chi connectivity index (χ1v) is 8.51. The van der Waals surface area contributed by atoms with Crippen molar-refractivity contribution in [1.82, 2.24) is 0 Å². The molecule has 2 rings (SSSR count). The summed E-state index contributed by atoms with van der Waals surface area (Å²) in [5.41, 5.74) is 15.0. The van der Waals surface area contributed by atoms with Crippen molar-refractivity contribution >= 4 is 5.78 Å². The lowest BCUT2D eigenvalue weighted by Crippen LogP contribution is -2.23. The molecule has 0 fully saturated rings. The average Bonchev–Trinajstić information content (AvgIpc) is 2.54. The summed E-state index contributed by atoms with van der Waals surface area (Å²) in [6.07, 6.45) is 9.55. The van der Waals surface area contributed by atoms with Crippen molar-refractivity contribution in [3.63, 3.8) is 0 Å². The monoisotopic (exact) mass is 312 g/mol. The second-order valence-corrected chi connectivity index (χ2v) is 6.56. The highest BCUT2D eigenvalue weighted by molar-refractivity contribution is 6.00. The van der Waals surface area contributed by atoms with Crippen LogP contribution in [-0.4, -0.2) is 17.9 Å². The van der Waals surface area contributed by atoms with E-state index in [1.54, 1.807) is 0 Å². The van der Waals surface area contributed by atoms with E-state index in [-0.39, 0.29) is 23.8 Å². The van der Waals surface area contributed by atoms with Crippen LogP contribution >= 0.6 is 0 Å². The molecule has 1 aromatic carbocycles. The number of Topliss-reactive ketones (excluding diaryl/α,β-unsaturated/α-hetero) is 1. The maximum atomic E-state index is 13.0. The molecule has 1 aliphatic rings. The first kappa shape index (κ1) is 17.6. The van der Waals surface area contributed by atoms with Crippen LogP contribution in [-0.2, 0) is 6.42 Å². The Labute approximate surface area is 139 Å². The minimum Gasteiger partial charge on any atom is -0.328 e. The summed E-state index contributed by atoms with van der Waals surface area (Å²) < 4.78 is 0. The molecule has 3 unspecified atom stereocenters. The zero-order valence-electron chi connectivity index (χ0n) is 14.2. The van der Waals surface area contributed by atoms with E-state index in [4.69, 9.17) is 11.5 Å². The van der Waals surface area contributed by atoms with Gasteiger partial charge in [-0.15, -0.1) is 0 Å². The first-order chi connectivity index (χ1) is 11.0. The Morgan fingerprint density at radius 2 is 2.00 bits per heavy atom. The average molecular weight is 312 g/mol. The molecule has 124 valence electrons. The van der Waals surface area contributed by atoms with Crippen molar-refractivity contribution in [2.24, 2.45) is 17.4 Å². The number of allylic oxidation sites excluding steroid dienone is 3. The number of benzene rings is 1. The molecule has 1 aromatic rings. The number of carbonyl (C=O) groups excluding carboxylic acids is 1. The van der Waals surface area contributed by atoms with Gasteiger partial charge in [0, 0.05) is 23.6 Å². The highest BCUT2D eigenvalue weighted by atomic mass is 16.1. The topological polar surface area (TPSA) is 69.1 Å². The van der Waals surface area contributed by atoms with Gasteiger partial charge in [-0.2, -0.15) is 0 Å². The first-order valence-electron chi connectivity index (χ1n) is 8.51. The predicted octanol–water partition coefficient (Wildman–Crippen LogP) is 3.39. The van der Waals surface area contributed by atoms with E-state index in [2.05, 4.69) is 25.2 Å². The van der Waals surface area contributed by atoms with Gasteiger partial charge in [0.25, 0.3) is 0 Å². The largest absolute Gasteiger partial charge is 0.328 e. The predicted molar refractivity (Wildman–Crippen MR) is 96.3 cm³/mol. The van der Waals surface area contributed by atoms with Gasteiger partial charge in [-0.1, -0.05) is 55.0 Å². The second-order valence-electron chi connectivity index (χ2n) is 6.56. The fourth-order valence-corrected chi connectivity index (χ4v) is 3.00. The Balaban J connectivity index is 2.19. The van der Waals surface area contributed by atoms with E-state index in [0.717, 1.165) is 36.8 Å². The van der Waals surface area contributed by atoms with Crippen molar-refractivity contribution in [3.8, 4) is 0 Å². The van der Waals surface area contributed by atoms with E-state index in [1.165, 1.54) is 5.57 Å². The third kappa shape index (κ3) is 4.88. The molecule has 3 heteroatoms. The molecule has 4 N–H and O–H groups in total. The molecule has 0 radical (unpaired) electrons. The molecule has 0 amide bonds. The van der Waals surface area contributed by atoms with Crippen molar-refractivity contribution in [3.05, 3.63) is 59.2 Å². The summed E-state index contributed by atoms with van der Waals surface area (Å²) >= 11 is 0. The maximum Gasteiger partial charge on any atom is 0.170 e. The SMILES string of the molecule is CCC(N)CC1=CC(C(=O)c2ccccc2CC(C)N)CC=C1. The lowest BCUT2D eigenvalue weighted by molar-refractivity contribution is 0.0944. The molecule has 0 spiro atoms. The Kier molecular flexibility index (Phi) is 6.31. The van der Waals surface area contributed by atoms with E-state index < -0.39 is 0 Å². The fraction of sp³-hybridized carbons (Fsp3) is 0.450. The number of rotatable bonds is 7. The Hall–Kier alpha value is -1.71. The van der Waals surface area contributed by atoms with Crippen molar-refractivity contribution in [2.45, 2.75) is 51.6 Å². The van der Waals surface area contributed by atoms with Gasteiger partial charge in [0.15, 0.2) is 5.78 Å². The third-order valence-corrected chi connectivity index (χ3v) is 4.32. The second kappa shape index (κ2) is 8.23. The zero-order valence-corrected chi connectivity index (χ0v) is 14.2. The van der Waals surface area contributed by atoms with Crippen molar-refractivity contribution in [1.29, 1.82) is 0 Å². The summed E-state index contributed by atoms with van der Waals surface area (Å²) in [6, 6.07) is 8.02. The summed E-state index contributed by atoms with van der Waals surface area (Å²) in [5, 5.41) is 0. The summed E-state index contributed by atoms with van der Waals surface area (Å²) in [4.78, 5) is 13.0. The Morgan fingerprint density at radius 3 is 2.70 bits per heavy atom. The molecule has 0 aromatic heterocycles. The lowest BCUT2D eigenvalue weighted by atomic mass is 9.85. The van der Waals surface area contributed by atoms with Crippen LogP contribution in [0.5, 0.6) is 0 Å². The molecule has 3 nitrogen and oxygen atoms in total. The molecule has 0 saturated carbocycles. The molecule has 23 heavy (non-hydrogen) atoms. The highest BCUT2D eigenvalue weighted by Crippen LogP contribution is 2.25. The minimum absolute atomic E-state index is 0.0452. The van der Waals surface area contributed by atoms with Crippen LogP contribution in [0.2, 0.25) is 0 Å². The normalized spacial score (nSPS) is 20.0. The summed E-state index contributed by atoms with van der Waals surface area (Å²) in [6.45, 7) is 4.05. The van der Waals surface area contributed by atoms with Gasteiger partial charge in [-0.05, 0) is 38.2 Å². The van der Waals surface area contributed by atoms with Crippen LogP contribution < -0.4 is 11.5 Å². The van der Waals surface area contributed by atoms with E-state index in [9.17, 15) is 4.79 Å². The van der Waals surface area contributed by atoms with Crippen LogP contribution in [0.25, 0.3) is 0 Å². The van der Waals surface area contributed by atoms with Crippen LogP contribution in [0.15, 0.2) is 48.1 Å². The number of nitrogens with two attached hydrogens (primary N) is 2. The van der Waals surface area contributed by atoms with Crippen LogP contribution in [0.4, 0.5) is 0 Å². The van der Waals surface area contributed by atoms with Gasteiger partial charge >= 0.3 is 0 Å². The molecular weight excluding hydrogens is 284 g/mol. The molecule has 0 bridgehead atoms. The summed E-state index contributed by atoms with van der Waals surface area (Å²) in [7, 11) is 0. The molecule has 0 saturated heterocycles. The molecule has 3 atom stereocenters. The van der Waals surface area contributed by atoms with Crippen molar-refractivity contribution in [2.75, 3.05) is 0 Å². The number of hydrogen-bond donors (Lipinski definition) is 2. The third-order valence-electron chi connectivity index (χ3n) is 4.32. The molecule has 0 heterocycles. The van der Waals surface area contributed by atoms with Gasteiger partial charge in [-0.25, -0.2) is 0 Å². The molecule has 0 aliphatic heterocycles. The van der Waals surface area contributed by atoms with E-state index in [0.29, 0.717) is 0 Å². The van der Waals surface area contributed by atoms with Gasteiger partial charge in [-0.3, -0.25) is 4.79 Å². The standard InChI is InChI=1S/C20H28N2O/c1-3-18(22)13-15-7-6-9-17(12-15)20(23)19-10-5-4-8-16(19)11-14(2)21/h4-8,10,12,14,17-18H,3,9,11,13,21-22H2,1-2H3.